The first-order valence-corrected chi connectivity index (χ1v) is 4.85. The van der Waals surface area contributed by atoms with Crippen molar-refractivity contribution in [3.05, 3.63) is 40.4 Å². The number of nitrogens with zero attached hydrogens (tertiary/aromatic N) is 1. The molecule has 1 heterocycles. The molecule has 0 saturated carbocycles. The van der Waals surface area contributed by atoms with Crippen molar-refractivity contribution in [1.29, 1.82) is 0 Å². The topological polar surface area (TPSA) is 83.0 Å². The Morgan fingerprint density at radius 3 is 3.06 bits per heavy atom. The Kier molecular flexibility index (Phi) is 2.88. The zero-order valence-corrected chi connectivity index (χ0v) is 8.73. The van der Waals surface area contributed by atoms with Gasteiger partial charge in [0, 0.05) is 5.56 Å². The minimum Gasteiger partial charge on any atom is -0.481 e. The van der Waals surface area contributed by atoms with Crippen LogP contribution in [0.3, 0.4) is 0 Å². The lowest BCUT2D eigenvalue weighted by Gasteiger charge is -1.95. The Morgan fingerprint density at radius 2 is 2.29 bits per heavy atom. The van der Waals surface area contributed by atoms with Crippen molar-refractivity contribution in [2.75, 3.05) is 0 Å². The molecule has 0 saturated heterocycles. The number of carboxylic acids is 1. The lowest BCUT2D eigenvalue weighted by Crippen LogP contribution is -2.06. The fraction of sp³-hybridized carbons (Fsp3) is 0.0833. The number of benzene rings is 1. The van der Waals surface area contributed by atoms with E-state index in [4.69, 9.17) is 5.11 Å². The molecule has 0 bridgehead atoms. The minimum atomic E-state index is -0.974. The largest absolute Gasteiger partial charge is 0.481 e. The van der Waals surface area contributed by atoms with Crippen molar-refractivity contribution in [2.45, 2.75) is 6.42 Å². The maximum Gasteiger partial charge on any atom is 0.315 e. The monoisotopic (exact) mass is 228 g/mol. The first kappa shape index (κ1) is 10.9. The van der Waals surface area contributed by atoms with E-state index in [-0.39, 0.29) is 12.0 Å². The number of hydrogen-bond acceptors (Lipinski definition) is 3. The lowest BCUT2D eigenvalue weighted by molar-refractivity contribution is -0.135. The molecule has 0 amide bonds. The van der Waals surface area contributed by atoms with Crippen molar-refractivity contribution in [3.8, 4) is 11.8 Å². The zero-order valence-electron chi connectivity index (χ0n) is 8.73. The van der Waals surface area contributed by atoms with Gasteiger partial charge in [0.25, 0.3) is 5.56 Å². The van der Waals surface area contributed by atoms with Gasteiger partial charge in [-0.15, -0.1) is 0 Å². The molecule has 2 rings (SSSR count). The summed E-state index contributed by atoms with van der Waals surface area (Å²) < 4.78 is 0. The summed E-state index contributed by atoms with van der Waals surface area (Å²) in [4.78, 5) is 28.2. The fourth-order valence-corrected chi connectivity index (χ4v) is 1.37. The lowest BCUT2D eigenvalue weighted by atomic mass is 10.1. The van der Waals surface area contributed by atoms with E-state index in [9.17, 15) is 9.59 Å². The number of nitrogens with one attached hydrogen (secondary N) is 1. The van der Waals surface area contributed by atoms with Crippen LogP contribution in [0.25, 0.3) is 10.9 Å². The number of H-pyrrole nitrogens is 1. The molecule has 84 valence electrons. The van der Waals surface area contributed by atoms with E-state index in [2.05, 4.69) is 21.8 Å². The molecule has 1 aromatic heterocycles. The summed E-state index contributed by atoms with van der Waals surface area (Å²) in [6.45, 7) is 0. The number of carboxylic acid groups (broad SMARTS) is 1. The molecule has 2 N–H and O–H groups in total. The van der Waals surface area contributed by atoms with Gasteiger partial charge in [-0.25, -0.2) is 4.98 Å². The van der Waals surface area contributed by atoms with E-state index in [1.165, 1.54) is 6.33 Å². The molecule has 0 fully saturated rings. The van der Waals surface area contributed by atoms with Gasteiger partial charge in [-0.1, -0.05) is 11.8 Å². The van der Waals surface area contributed by atoms with Crippen molar-refractivity contribution in [2.24, 2.45) is 0 Å². The van der Waals surface area contributed by atoms with E-state index in [0.717, 1.165) is 0 Å². The van der Waals surface area contributed by atoms with Crippen molar-refractivity contribution in [1.82, 2.24) is 9.97 Å². The van der Waals surface area contributed by atoms with Crippen LogP contribution in [0.15, 0.2) is 29.3 Å². The standard InChI is InChI=1S/C12H8N2O3/c15-11(16)3-1-2-8-4-5-10-9(6-8)12(17)14-7-13-10/h4-7H,3H2,(H,15,16)(H,13,14,17). The number of rotatable bonds is 1. The molecule has 0 unspecified atom stereocenters. The normalized spacial score (nSPS) is 9.65. The summed E-state index contributed by atoms with van der Waals surface area (Å²) >= 11 is 0. The average molecular weight is 228 g/mol. The Hall–Kier alpha value is -2.61. The van der Waals surface area contributed by atoms with Crippen LogP contribution in [0.5, 0.6) is 0 Å². The fourth-order valence-electron chi connectivity index (χ4n) is 1.37. The Labute approximate surface area is 96.1 Å². The van der Waals surface area contributed by atoms with Crippen LogP contribution in [0.2, 0.25) is 0 Å². The van der Waals surface area contributed by atoms with Gasteiger partial charge in [-0.2, -0.15) is 0 Å². The highest BCUT2D eigenvalue weighted by atomic mass is 16.4. The quantitative estimate of drug-likeness (QED) is 0.705. The molecule has 0 spiro atoms. The number of hydrogen-bond donors (Lipinski definition) is 2. The Morgan fingerprint density at radius 1 is 1.47 bits per heavy atom. The third kappa shape index (κ3) is 2.49. The second-order valence-electron chi connectivity index (χ2n) is 3.34. The summed E-state index contributed by atoms with van der Waals surface area (Å²) in [6.07, 6.45) is 1.11. The molecule has 5 nitrogen and oxygen atoms in total. The summed E-state index contributed by atoms with van der Waals surface area (Å²) in [5.41, 5.74) is 0.937. The van der Waals surface area contributed by atoms with Gasteiger partial charge in [0.1, 0.15) is 6.42 Å². The van der Waals surface area contributed by atoms with E-state index < -0.39 is 5.97 Å². The Balaban J connectivity index is 2.43. The first-order valence-electron chi connectivity index (χ1n) is 4.85. The smallest absolute Gasteiger partial charge is 0.315 e. The maximum absolute atomic E-state index is 11.5. The molecule has 5 heteroatoms. The predicted molar refractivity (Wildman–Crippen MR) is 61.5 cm³/mol. The second-order valence-corrected chi connectivity index (χ2v) is 3.34. The highest BCUT2D eigenvalue weighted by Crippen LogP contribution is 2.08. The average Bonchev–Trinajstić information content (AvgIpc) is 2.30. The van der Waals surface area contributed by atoms with Crippen LogP contribution in [-0.4, -0.2) is 21.0 Å². The van der Waals surface area contributed by atoms with E-state index in [1.807, 2.05) is 0 Å². The molecule has 0 aliphatic rings. The second kappa shape index (κ2) is 4.49. The van der Waals surface area contributed by atoms with Crippen molar-refractivity contribution in [3.63, 3.8) is 0 Å². The van der Waals surface area contributed by atoms with Crippen LogP contribution >= 0.6 is 0 Å². The third-order valence-electron chi connectivity index (χ3n) is 2.11. The number of aromatic nitrogens is 2. The first-order chi connectivity index (χ1) is 8.16. The highest BCUT2D eigenvalue weighted by molar-refractivity contribution is 5.79. The molecule has 17 heavy (non-hydrogen) atoms. The van der Waals surface area contributed by atoms with Gasteiger partial charge in [-0.05, 0) is 18.2 Å². The summed E-state index contributed by atoms with van der Waals surface area (Å²) in [6, 6.07) is 4.97. The van der Waals surface area contributed by atoms with E-state index in [0.29, 0.717) is 16.5 Å². The van der Waals surface area contributed by atoms with E-state index >= 15 is 0 Å². The van der Waals surface area contributed by atoms with Gasteiger partial charge in [0.05, 0.1) is 17.2 Å². The molecular weight excluding hydrogens is 220 g/mol. The number of carbonyl (C=O) groups is 1. The van der Waals surface area contributed by atoms with Gasteiger partial charge >= 0.3 is 5.97 Å². The van der Waals surface area contributed by atoms with Crippen LogP contribution < -0.4 is 5.56 Å². The summed E-state index contributed by atoms with van der Waals surface area (Å²) in [5, 5.41) is 8.88. The molecule has 1 aromatic carbocycles. The molecular formula is C12H8N2O3. The Bertz CT molecular complexity index is 692. The van der Waals surface area contributed by atoms with Crippen LogP contribution in [0.1, 0.15) is 12.0 Å². The van der Waals surface area contributed by atoms with Crippen molar-refractivity contribution < 1.29 is 9.90 Å². The third-order valence-corrected chi connectivity index (χ3v) is 2.11. The number of aromatic amines is 1. The molecule has 0 radical (unpaired) electrons. The van der Waals surface area contributed by atoms with Gasteiger partial charge in [0.2, 0.25) is 0 Å². The predicted octanol–water partition coefficient (Wildman–Crippen LogP) is 0.749. The number of fused-ring (bicyclic) bond motifs is 1. The van der Waals surface area contributed by atoms with Gasteiger partial charge < -0.3 is 10.1 Å². The summed E-state index contributed by atoms with van der Waals surface area (Å²) in [5.74, 6) is 4.21. The maximum atomic E-state index is 11.5. The minimum absolute atomic E-state index is 0.221. The zero-order chi connectivity index (χ0) is 12.3. The van der Waals surface area contributed by atoms with Gasteiger partial charge in [-0.3, -0.25) is 9.59 Å². The van der Waals surface area contributed by atoms with Crippen LogP contribution in [0.4, 0.5) is 0 Å². The van der Waals surface area contributed by atoms with Gasteiger partial charge in [0.15, 0.2) is 0 Å². The van der Waals surface area contributed by atoms with Crippen LogP contribution in [-0.2, 0) is 4.79 Å². The van der Waals surface area contributed by atoms with Crippen LogP contribution in [0, 0.1) is 11.8 Å². The number of aliphatic carboxylic acids is 1. The van der Waals surface area contributed by atoms with E-state index in [1.54, 1.807) is 18.2 Å². The molecule has 0 aliphatic carbocycles. The molecule has 0 atom stereocenters. The molecule has 2 aromatic rings. The molecule has 0 aliphatic heterocycles. The summed E-state index contributed by atoms with van der Waals surface area (Å²) in [7, 11) is 0. The highest BCUT2D eigenvalue weighted by Gasteiger charge is 1.99. The SMILES string of the molecule is O=C(O)CC#Cc1ccc2nc[nH]c(=O)c2c1. The van der Waals surface area contributed by atoms with Crippen molar-refractivity contribution >= 4 is 16.9 Å².